The third-order valence-electron chi connectivity index (χ3n) is 4.43. The molecular weight excluding hydrogens is 350 g/mol. The van der Waals surface area contributed by atoms with Crippen molar-refractivity contribution >= 4 is 18.2 Å². The summed E-state index contributed by atoms with van der Waals surface area (Å²) in [6.45, 7) is 11.8. The normalized spacial score (nSPS) is 20.0. The minimum Gasteiger partial charge on any atom is -0.307 e. The second kappa shape index (κ2) is 9.45. The highest BCUT2D eigenvalue weighted by atomic mass is 16.2. The van der Waals surface area contributed by atoms with Gasteiger partial charge in [0.05, 0.1) is 0 Å². The number of carbonyl (C=O) groups excluding carboxylic acids is 3. The number of nitrogens with zero attached hydrogens (tertiary/aromatic N) is 1. The van der Waals surface area contributed by atoms with Crippen molar-refractivity contribution in [2.45, 2.75) is 77.5 Å². The third-order valence-corrected chi connectivity index (χ3v) is 4.43. The van der Waals surface area contributed by atoms with Crippen LogP contribution in [0.4, 0.5) is 0 Å². The number of carbonyl (C=O) groups is 3. The number of amides is 3. The molecule has 0 aromatic rings. The van der Waals surface area contributed by atoms with Crippen molar-refractivity contribution in [3.63, 3.8) is 0 Å². The molecule has 0 aromatic heterocycles. The number of nitrogens with one attached hydrogen (secondary N) is 5. The van der Waals surface area contributed by atoms with E-state index in [0.29, 0.717) is 6.41 Å². The van der Waals surface area contributed by atoms with Crippen LogP contribution in [0.2, 0.25) is 0 Å². The molecule has 10 heteroatoms. The van der Waals surface area contributed by atoms with Gasteiger partial charge in [-0.05, 0) is 46.5 Å². The molecule has 0 unspecified atom stereocenters. The molecular formula is C17H35N7O3. The molecule has 1 fully saturated rings. The van der Waals surface area contributed by atoms with Crippen molar-refractivity contribution in [2.75, 3.05) is 6.54 Å². The van der Waals surface area contributed by atoms with Crippen LogP contribution >= 0.6 is 0 Å². The lowest BCUT2D eigenvalue weighted by Crippen LogP contribution is -2.64. The van der Waals surface area contributed by atoms with Gasteiger partial charge in [-0.15, -0.1) is 0 Å². The van der Waals surface area contributed by atoms with Gasteiger partial charge in [0.25, 0.3) is 11.8 Å². The van der Waals surface area contributed by atoms with Gasteiger partial charge in [0.15, 0.2) is 0 Å². The highest BCUT2D eigenvalue weighted by molar-refractivity contribution is 5.87. The number of hydrogen-bond acceptors (Lipinski definition) is 7. The molecule has 0 aromatic carbocycles. The molecule has 0 bridgehead atoms. The highest BCUT2D eigenvalue weighted by Crippen LogP contribution is 2.28. The Morgan fingerprint density at radius 3 is 2.26 bits per heavy atom. The van der Waals surface area contributed by atoms with E-state index in [1.165, 1.54) is 0 Å². The van der Waals surface area contributed by atoms with Crippen molar-refractivity contribution in [1.29, 1.82) is 0 Å². The van der Waals surface area contributed by atoms with Crippen molar-refractivity contribution < 1.29 is 14.4 Å². The van der Waals surface area contributed by atoms with Crippen LogP contribution in [0.1, 0.15) is 54.4 Å². The van der Waals surface area contributed by atoms with Gasteiger partial charge in [-0.2, -0.15) is 0 Å². The third kappa shape index (κ3) is 7.79. The smallest absolute Gasteiger partial charge is 0.256 e. The molecule has 27 heavy (non-hydrogen) atoms. The lowest BCUT2D eigenvalue weighted by molar-refractivity contribution is -0.139. The summed E-state index contributed by atoms with van der Waals surface area (Å²) < 4.78 is 0. The number of nitrogens with two attached hydrogens (primary N) is 1. The van der Waals surface area contributed by atoms with Crippen LogP contribution in [-0.4, -0.2) is 52.9 Å². The van der Waals surface area contributed by atoms with Crippen molar-refractivity contribution in [3.8, 4) is 0 Å². The predicted molar refractivity (Wildman–Crippen MR) is 102 cm³/mol. The SMILES string of the molecule is CC(C)[C@H](NNC=O)C(=O)N(N)CC(=O)NNC1CC(C)(C)NC(C)(C)C1. The first-order chi connectivity index (χ1) is 12.4. The first-order valence-electron chi connectivity index (χ1n) is 9.21. The van der Waals surface area contributed by atoms with E-state index < -0.39 is 17.9 Å². The maximum atomic E-state index is 12.4. The Labute approximate surface area is 161 Å². The minimum absolute atomic E-state index is 0.0538. The maximum Gasteiger partial charge on any atom is 0.256 e. The molecule has 10 nitrogen and oxygen atoms in total. The molecule has 1 aliphatic rings. The summed E-state index contributed by atoms with van der Waals surface area (Å²) in [5.74, 6) is 4.73. The van der Waals surface area contributed by atoms with E-state index in [1.807, 2.05) is 0 Å². The molecule has 1 saturated heterocycles. The van der Waals surface area contributed by atoms with Gasteiger partial charge in [0, 0.05) is 17.1 Å². The first-order valence-corrected chi connectivity index (χ1v) is 9.21. The molecule has 7 N–H and O–H groups in total. The Morgan fingerprint density at radius 1 is 1.22 bits per heavy atom. The van der Waals surface area contributed by atoms with E-state index in [9.17, 15) is 14.4 Å². The zero-order valence-electron chi connectivity index (χ0n) is 17.2. The van der Waals surface area contributed by atoms with Gasteiger partial charge in [-0.3, -0.25) is 30.2 Å². The fourth-order valence-electron chi connectivity index (χ4n) is 3.70. The Balaban J connectivity index is 2.53. The average molecular weight is 386 g/mol. The minimum atomic E-state index is -0.730. The Bertz CT molecular complexity index is 521. The van der Waals surface area contributed by atoms with Crippen LogP contribution in [-0.2, 0) is 14.4 Å². The Kier molecular flexibility index (Phi) is 8.15. The molecule has 1 heterocycles. The standard InChI is InChI=1S/C17H35N7O3/c1-11(2)14(22-19-10-25)15(27)24(18)9-13(26)21-20-12-7-16(3,4)23-17(5,6)8-12/h10-12,14,20,22-23H,7-9,18H2,1-6H3,(H,19,25)(H,21,26)/t14-/m0/s1. The highest BCUT2D eigenvalue weighted by Gasteiger charge is 2.37. The van der Waals surface area contributed by atoms with Gasteiger partial charge in [-0.25, -0.2) is 16.7 Å². The van der Waals surface area contributed by atoms with Crippen molar-refractivity contribution in [3.05, 3.63) is 0 Å². The van der Waals surface area contributed by atoms with E-state index in [4.69, 9.17) is 5.84 Å². The lowest BCUT2D eigenvalue weighted by atomic mass is 9.80. The first kappa shape index (κ1) is 23.3. The summed E-state index contributed by atoms with van der Waals surface area (Å²) in [6, 6.07) is -0.629. The van der Waals surface area contributed by atoms with E-state index in [2.05, 4.69) is 54.7 Å². The summed E-state index contributed by atoms with van der Waals surface area (Å²) in [5, 5.41) is 4.42. The number of rotatable bonds is 9. The second-order valence-corrected chi connectivity index (χ2v) is 8.78. The number of hydrogen-bond donors (Lipinski definition) is 6. The van der Waals surface area contributed by atoms with Crippen LogP contribution in [0.15, 0.2) is 0 Å². The van der Waals surface area contributed by atoms with Gasteiger partial charge in [-0.1, -0.05) is 13.8 Å². The van der Waals surface area contributed by atoms with Crippen LogP contribution in [0, 0.1) is 5.92 Å². The zero-order valence-corrected chi connectivity index (χ0v) is 17.2. The van der Waals surface area contributed by atoms with Crippen LogP contribution in [0.5, 0.6) is 0 Å². The van der Waals surface area contributed by atoms with Gasteiger partial charge in [0.1, 0.15) is 12.6 Å². The van der Waals surface area contributed by atoms with Crippen molar-refractivity contribution in [1.82, 2.24) is 32.0 Å². The fraction of sp³-hybridized carbons (Fsp3) is 0.824. The zero-order chi connectivity index (χ0) is 20.8. The Morgan fingerprint density at radius 2 is 1.78 bits per heavy atom. The summed E-state index contributed by atoms with van der Waals surface area (Å²) in [5.41, 5.74) is 10.4. The van der Waals surface area contributed by atoms with Crippen molar-refractivity contribution in [2.24, 2.45) is 11.8 Å². The average Bonchev–Trinajstić information content (AvgIpc) is 2.49. The predicted octanol–water partition coefficient (Wildman–Crippen LogP) is -1.11. The van der Waals surface area contributed by atoms with Gasteiger partial charge in [0.2, 0.25) is 6.41 Å². The van der Waals surface area contributed by atoms with Crippen LogP contribution < -0.4 is 32.9 Å². The molecule has 1 atom stereocenters. The molecule has 1 aliphatic heterocycles. The van der Waals surface area contributed by atoms with E-state index in [0.717, 1.165) is 17.9 Å². The maximum absolute atomic E-state index is 12.4. The molecule has 3 amide bonds. The summed E-state index contributed by atoms with van der Waals surface area (Å²) in [6.07, 6.45) is 2.12. The quantitative estimate of drug-likeness (QED) is 0.128. The number of piperidine rings is 1. The van der Waals surface area contributed by atoms with E-state index in [-0.39, 0.29) is 29.6 Å². The summed E-state index contributed by atoms with van der Waals surface area (Å²) in [4.78, 5) is 35.0. The van der Waals surface area contributed by atoms with E-state index in [1.54, 1.807) is 13.8 Å². The van der Waals surface area contributed by atoms with Crippen LogP contribution in [0.25, 0.3) is 0 Å². The van der Waals surface area contributed by atoms with Gasteiger partial charge < -0.3 is 5.32 Å². The fourth-order valence-corrected chi connectivity index (χ4v) is 3.70. The monoisotopic (exact) mass is 385 g/mol. The molecule has 0 saturated carbocycles. The largest absolute Gasteiger partial charge is 0.307 e. The van der Waals surface area contributed by atoms with E-state index >= 15 is 0 Å². The molecule has 0 aliphatic carbocycles. The van der Waals surface area contributed by atoms with Crippen LogP contribution in [0.3, 0.4) is 0 Å². The second-order valence-electron chi connectivity index (χ2n) is 8.78. The lowest BCUT2D eigenvalue weighted by Gasteiger charge is -2.46. The Hall–Kier alpha value is -1.75. The molecule has 1 rings (SSSR count). The molecule has 156 valence electrons. The topological polar surface area (TPSA) is 141 Å². The van der Waals surface area contributed by atoms with Gasteiger partial charge >= 0.3 is 0 Å². The molecule has 0 spiro atoms. The summed E-state index contributed by atoms with van der Waals surface area (Å²) in [7, 11) is 0. The molecule has 0 radical (unpaired) electrons. The summed E-state index contributed by atoms with van der Waals surface area (Å²) >= 11 is 0. The number of hydrazine groups is 3.